The van der Waals surface area contributed by atoms with Crippen molar-refractivity contribution in [3.63, 3.8) is 0 Å². The molecule has 30 heavy (non-hydrogen) atoms. The van der Waals surface area contributed by atoms with Crippen LogP contribution in [-0.2, 0) is 16.0 Å². The average Bonchev–Trinajstić information content (AvgIpc) is 2.77. The molecule has 1 saturated heterocycles. The van der Waals surface area contributed by atoms with E-state index in [2.05, 4.69) is 5.32 Å². The highest BCUT2D eigenvalue weighted by Gasteiger charge is 2.23. The summed E-state index contributed by atoms with van der Waals surface area (Å²) in [5.74, 6) is 0.0700. The minimum Gasteiger partial charge on any atom is -0.353 e. The Morgan fingerprint density at radius 2 is 1.57 bits per heavy atom. The van der Waals surface area contributed by atoms with Gasteiger partial charge in [-0.15, -0.1) is 0 Å². The van der Waals surface area contributed by atoms with E-state index in [1.807, 2.05) is 54.3 Å². The molecule has 5 nitrogen and oxygen atoms in total. The van der Waals surface area contributed by atoms with Gasteiger partial charge in [0.25, 0.3) is 0 Å². The lowest BCUT2D eigenvalue weighted by atomic mass is 10.0. The van der Waals surface area contributed by atoms with E-state index in [9.17, 15) is 14.4 Å². The average molecular weight is 407 g/mol. The van der Waals surface area contributed by atoms with Crippen LogP contribution >= 0.6 is 0 Å². The maximum atomic E-state index is 12.4. The maximum Gasteiger partial charge on any atom is 0.222 e. The van der Waals surface area contributed by atoms with Gasteiger partial charge in [-0.25, -0.2) is 0 Å². The highest BCUT2D eigenvalue weighted by molar-refractivity contribution is 5.98. The van der Waals surface area contributed by atoms with Crippen molar-refractivity contribution >= 4 is 17.6 Å². The summed E-state index contributed by atoms with van der Waals surface area (Å²) in [6, 6.07) is 17.5. The molecule has 1 N–H and O–H groups in total. The van der Waals surface area contributed by atoms with Crippen LogP contribution in [0.15, 0.2) is 54.6 Å². The fourth-order valence-corrected chi connectivity index (χ4v) is 3.74. The molecule has 1 fully saturated rings. The number of ketones is 1. The van der Waals surface area contributed by atoms with Crippen LogP contribution in [0.3, 0.4) is 0 Å². The molecule has 0 aliphatic carbocycles. The normalized spacial score (nSPS) is 14.4. The molecule has 0 spiro atoms. The summed E-state index contributed by atoms with van der Waals surface area (Å²) in [5, 5.41) is 3.02. The molecule has 2 aromatic carbocycles. The number of carbonyl (C=O) groups excluding carboxylic acids is 3. The van der Waals surface area contributed by atoms with Crippen LogP contribution in [0.2, 0.25) is 0 Å². The monoisotopic (exact) mass is 406 g/mol. The van der Waals surface area contributed by atoms with Gasteiger partial charge in [-0.1, -0.05) is 60.2 Å². The third-order valence-corrected chi connectivity index (χ3v) is 5.64. The number of amides is 2. The van der Waals surface area contributed by atoms with Gasteiger partial charge in [-0.3, -0.25) is 14.4 Å². The fraction of sp³-hybridized carbons (Fsp3) is 0.400. The Kier molecular flexibility index (Phi) is 7.77. The highest BCUT2D eigenvalue weighted by Crippen LogP contribution is 2.14. The van der Waals surface area contributed by atoms with Gasteiger partial charge >= 0.3 is 0 Å². The van der Waals surface area contributed by atoms with Crippen LogP contribution in [0.25, 0.3) is 0 Å². The van der Waals surface area contributed by atoms with Crippen molar-refractivity contribution in [1.29, 1.82) is 0 Å². The van der Waals surface area contributed by atoms with Crippen LogP contribution in [-0.4, -0.2) is 41.6 Å². The number of likely N-dealkylation sites (tertiary alicyclic amines) is 1. The van der Waals surface area contributed by atoms with Gasteiger partial charge in [0, 0.05) is 44.0 Å². The van der Waals surface area contributed by atoms with Crippen molar-refractivity contribution in [3.8, 4) is 0 Å². The first-order valence-electron chi connectivity index (χ1n) is 10.7. The number of Topliss-reactive ketones (excluding diaryl/α,β-unsaturated/α-hetero) is 1. The molecule has 1 aliphatic rings. The van der Waals surface area contributed by atoms with Gasteiger partial charge in [0.15, 0.2) is 5.78 Å². The number of hydrogen-bond acceptors (Lipinski definition) is 3. The molecular formula is C25H30N2O3. The topological polar surface area (TPSA) is 66.5 Å². The van der Waals surface area contributed by atoms with Crippen molar-refractivity contribution in [3.05, 3.63) is 71.3 Å². The molecule has 3 rings (SSSR count). The maximum absolute atomic E-state index is 12.4. The fourth-order valence-electron chi connectivity index (χ4n) is 3.74. The summed E-state index contributed by atoms with van der Waals surface area (Å²) in [5.41, 5.74) is 2.93. The summed E-state index contributed by atoms with van der Waals surface area (Å²) in [4.78, 5) is 38.8. The molecule has 5 heteroatoms. The standard InChI is InChI=1S/C25H30N2O3/c1-19-7-10-21(11-8-19)23(28)12-13-24(29)26-22-15-17-27(18-16-22)25(30)14-9-20-5-3-2-4-6-20/h2-8,10-11,22H,9,12-18H2,1H3,(H,26,29). The van der Waals surface area contributed by atoms with Gasteiger partial charge in [0.05, 0.1) is 0 Å². The second kappa shape index (κ2) is 10.7. The molecule has 0 unspecified atom stereocenters. The predicted octanol–water partition coefficient (Wildman–Crippen LogP) is 3.70. The Morgan fingerprint density at radius 3 is 2.23 bits per heavy atom. The first-order valence-corrected chi connectivity index (χ1v) is 10.7. The lowest BCUT2D eigenvalue weighted by Crippen LogP contribution is -2.46. The SMILES string of the molecule is Cc1ccc(C(=O)CCC(=O)NC2CCN(C(=O)CCc3ccccc3)CC2)cc1. The number of nitrogens with one attached hydrogen (secondary N) is 1. The van der Waals surface area contributed by atoms with Gasteiger partial charge in [0.1, 0.15) is 0 Å². The van der Waals surface area contributed by atoms with E-state index < -0.39 is 0 Å². The Balaban J connectivity index is 1.34. The van der Waals surface area contributed by atoms with E-state index in [0.29, 0.717) is 25.1 Å². The minimum atomic E-state index is -0.0932. The van der Waals surface area contributed by atoms with E-state index in [-0.39, 0.29) is 36.5 Å². The zero-order chi connectivity index (χ0) is 21.3. The van der Waals surface area contributed by atoms with Crippen molar-refractivity contribution in [2.24, 2.45) is 0 Å². The Labute approximate surface area is 178 Å². The first kappa shape index (κ1) is 21.8. The number of piperidine rings is 1. The molecule has 0 radical (unpaired) electrons. The van der Waals surface area contributed by atoms with E-state index in [1.165, 1.54) is 5.56 Å². The summed E-state index contributed by atoms with van der Waals surface area (Å²) in [6.07, 6.45) is 3.20. The van der Waals surface area contributed by atoms with E-state index in [1.54, 1.807) is 12.1 Å². The van der Waals surface area contributed by atoms with Crippen LogP contribution in [0, 0.1) is 6.92 Å². The summed E-state index contributed by atoms with van der Waals surface area (Å²) in [7, 11) is 0. The quantitative estimate of drug-likeness (QED) is 0.680. The molecule has 1 heterocycles. The molecule has 158 valence electrons. The third kappa shape index (κ3) is 6.55. The Morgan fingerprint density at radius 1 is 0.900 bits per heavy atom. The molecule has 2 aromatic rings. The lowest BCUT2D eigenvalue weighted by molar-refractivity contribution is -0.132. The number of nitrogens with zero attached hydrogens (tertiary/aromatic N) is 1. The van der Waals surface area contributed by atoms with E-state index >= 15 is 0 Å². The molecule has 0 atom stereocenters. The predicted molar refractivity (Wildman–Crippen MR) is 117 cm³/mol. The zero-order valence-corrected chi connectivity index (χ0v) is 17.6. The van der Waals surface area contributed by atoms with Crippen molar-refractivity contribution in [1.82, 2.24) is 10.2 Å². The van der Waals surface area contributed by atoms with E-state index in [0.717, 1.165) is 24.8 Å². The summed E-state index contributed by atoms with van der Waals surface area (Å²) < 4.78 is 0. The minimum absolute atomic E-state index is 0.0102. The van der Waals surface area contributed by atoms with Gasteiger partial charge < -0.3 is 10.2 Å². The number of aryl methyl sites for hydroxylation is 2. The Hall–Kier alpha value is -2.95. The summed E-state index contributed by atoms with van der Waals surface area (Å²) >= 11 is 0. The van der Waals surface area contributed by atoms with Gasteiger partial charge in [-0.2, -0.15) is 0 Å². The van der Waals surface area contributed by atoms with Crippen LogP contribution in [0.4, 0.5) is 0 Å². The van der Waals surface area contributed by atoms with Crippen LogP contribution in [0.5, 0.6) is 0 Å². The van der Waals surface area contributed by atoms with Crippen LogP contribution in [0.1, 0.15) is 53.6 Å². The second-order valence-electron chi connectivity index (χ2n) is 8.00. The molecule has 0 aromatic heterocycles. The third-order valence-electron chi connectivity index (χ3n) is 5.64. The summed E-state index contributed by atoms with van der Waals surface area (Å²) in [6.45, 7) is 3.31. The first-order chi connectivity index (χ1) is 14.5. The van der Waals surface area contributed by atoms with Crippen molar-refractivity contribution in [2.75, 3.05) is 13.1 Å². The highest BCUT2D eigenvalue weighted by atomic mass is 16.2. The number of hydrogen-bond donors (Lipinski definition) is 1. The lowest BCUT2D eigenvalue weighted by Gasteiger charge is -2.32. The molecule has 1 aliphatic heterocycles. The van der Waals surface area contributed by atoms with Crippen molar-refractivity contribution in [2.45, 2.75) is 51.5 Å². The number of benzene rings is 2. The molecular weight excluding hydrogens is 376 g/mol. The number of carbonyl (C=O) groups is 3. The smallest absolute Gasteiger partial charge is 0.222 e. The van der Waals surface area contributed by atoms with Crippen molar-refractivity contribution < 1.29 is 14.4 Å². The molecule has 0 bridgehead atoms. The van der Waals surface area contributed by atoms with Crippen LogP contribution < -0.4 is 5.32 Å². The van der Waals surface area contributed by atoms with Gasteiger partial charge in [0.2, 0.25) is 11.8 Å². The molecule has 2 amide bonds. The van der Waals surface area contributed by atoms with Gasteiger partial charge in [-0.05, 0) is 31.7 Å². The second-order valence-corrected chi connectivity index (χ2v) is 8.00. The molecule has 0 saturated carbocycles. The largest absolute Gasteiger partial charge is 0.353 e. The van der Waals surface area contributed by atoms with E-state index in [4.69, 9.17) is 0 Å². The Bertz CT molecular complexity index is 854. The zero-order valence-electron chi connectivity index (χ0n) is 17.6. The number of rotatable bonds is 8.